The highest BCUT2D eigenvalue weighted by molar-refractivity contribution is 5.99. The van der Waals surface area contributed by atoms with Crippen molar-refractivity contribution in [2.75, 3.05) is 5.32 Å². The fourth-order valence-corrected chi connectivity index (χ4v) is 2.00. The first-order valence-corrected chi connectivity index (χ1v) is 7.51. The smallest absolute Gasteiger partial charge is 0.248 e. The van der Waals surface area contributed by atoms with Crippen LogP contribution in [0, 0.1) is 18.3 Å². The van der Waals surface area contributed by atoms with E-state index >= 15 is 0 Å². The van der Waals surface area contributed by atoms with Gasteiger partial charge in [0, 0.05) is 11.8 Å². The predicted molar refractivity (Wildman–Crippen MR) is 95.0 cm³/mol. The van der Waals surface area contributed by atoms with Gasteiger partial charge in [-0.05, 0) is 61.9 Å². The van der Waals surface area contributed by atoms with Gasteiger partial charge in [-0.25, -0.2) is 0 Å². The average molecular weight is 318 g/mol. The third-order valence-corrected chi connectivity index (χ3v) is 3.23. The van der Waals surface area contributed by atoms with E-state index in [0.717, 1.165) is 11.3 Å². The summed E-state index contributed by atoms with van der Waals surface area (Å²) in [4.78, 5) is 11.8. The summed E-state index contributed by atoms with van der Waals surface area (Å²) in [7, 11) is 0. The molecule has 0 bridgehead atoms. The summed E-state index contributed by atoms with van der Waals surface area (Å²) in [5.74, 6) is 1.14. The molecule has 0 heterocycles. The quantitative estimate of drug-likeness (QED) is 0.640. The van der Waals surface area contributed by atoms with Gasteiger partial charge in [-0.1, -0.05) is 18.2 Å². The Hall–Kier alpha value is -3.32. The number of carbonyl (C=O) groups excluding carboxylic acids is 1. The Balaban J connectivity index is 2.06. The Morgan fingerprint density at radius 2 is 1.83 bits per heavy atom. The molecule has 2 aromatic carbocycles. The molecule has 1 amide bonds. The maximum atomic E-state index is 11.8. The van der Waals surface area contributed by atoms with Crippen molar-refractivity contribution in [2.24, 2.45) is 0 Å². The van der Waals surface area contributed by atoms with Gasteiger partial charge in [0.15, 0.2) is 0 Å². The number of allylic oxidation sites excluding steroid dienone is 3. The van der Waals surface area contributed by atoms with Crippen molar-refractivity contribution in [3.8, 4) is 17.6 Å². The number of rotatable bonds is 5. The highest BCUT2D eigenvalue weighted by atomic mass is 16.5. The molecule has 120 valence electrons. The third kappa shape index (κ3) is 4.85. The van der Waals surface area contributed by atoms with E-state index in [-0.39, 0.29) is 5.91 Å². The maximum absolute atomic E-state index is 11.8. The molecule has 24 heavy (non-hydrogen) atoms. The van der Waals surface area contributed by atoms with Crippen LogP contribution in [0.5, 0.6) is 11.5 Å². The number of amides is 1. The van der Waals surface area contributed by atoms with E-state index in [0.29, 0.717) is 17.1 Å². The molecular weight excluding hydrogens is 300 g/mol. The molecule has 0 radical (unpaired) electrons. The van der Waals surface area contributed by atoms with Gasteiger partial charge in [0.25, 0.3) is 0 Å². The summed E-state index contributed by atoms with van der Waals surface area (Å²) < 4.78 is 5.75. The van der Waals surface area contributed by atoms with Gasteiger partial charge < -0.3 is 10.1 Å². The second-order valence-electron chi connectivity index (χ2n) is 5.09. The fraction of sp³-hybridized carbons (Fsp3) is 0.100. The van der Waals surface area contributed by atoms with Crippen molar-refractivity contribution in [3.05, 3.63) is 77.9 Å². The highest BCUT2D eigenvalue weighted by Gasteiger charge is 2.04. The molecule has 0 aromatic heterocycles. The molecule has 0 spiro atoms. The molecule has 0 atom stereocenters. The zero-order valence-corrected chi connectivity index (χ0v) is 13.6. The lowest BCUT2D eigenvalue weighted by Gasteiger charge is -2.10. The van der Waals surface area contributed by atoms with Crippen molar-refractivity contribution in [3.63, 3.8) is 0 Å². The Labute approximate surface area is 141 Å². The van der Waals surface area contributed by atoms with Gasteiger partial charge in [-0.2, -0.15) is 5.26 Å². The Kier molecular flexibility index (Phi) is 5.93. The van der Waals surface area contributed by atoms with Crippen LogP contribution >= 0.6 is 0 Å². The average Bonchev–Trinajstić information content (AvgIpc) is 2.58. The van der Waals surface area contributed by atoms with Crippen molar-refractivity contribution < 1.29 is 9.53 Å². The van der Waals surface area contributed by atoms with Crippen LogP contribution in [0.15, 0.2) is 66.8 Å². The lowest BCUT2D eigenvalue weighted by atomic mass is 10.2. The van der Waals surface area contributed by atoms with E-state index < -0.39 is 0 Å². The summed E-state index contributed by atoms with van der Waals surface area (Å²) in [6, 6.07) is 14.4. The van der Waals surface area contributed by atoms with E-state index in [1.54, 1.807) is 48.6 Å². The van der Waals surface area contributed by atoms with E-state index in [2.05, 4.69) is 11.4 Å². The normalized spacial score (nSPS) is 10.7. The van der Waals surface area contributed by atoms with E-state index in [4.69, 9.17) is 10.00 Å². The number of aryl methyl sites for hydroxylation is 1. The number of anilines is 1. The van der Waals surface area contributed by atoms with Crippen LogP contribution in [0.1, 0.15) is 18.1 Å². The van der Waals surface area contributed by atoms with E-state index in [9.17, 15) is 4.79 Å². The zero-order chi connectivity index (χ0) is 17.4. The van der Waals surface area contributed by atoms with Crippen molar-refractivity contribution in [2.45, 2.75) is 13.8 Å². The number of hydrogen-bond acceptors (Lipinski definition) is 3. The standard InChI is InChI=1S/C20H18N2O2/c1-3-4-5-6-20(23)22-19-12-11-18(13-15(19)2)24-17-9-7-16(14-21)8-10-17/h3-13H,1-2H3,(H,22,23). The molecule has 4 heteroatoms. The summed E-state index contributed by atoms with van der Waals surface area (Å²) in [6.07, 6.45) is 6.80. The van der Waals surface area contributed by atoms with Gasteiger partial charge >= 0.3 is 0 Å². The second kappa shape index (κ2) is 8.35. The Morgan fingerprint density at radius 3 is 2.46 bits per heavy atom. The van der Waals surface area contributed by atoms with Gasteiger partial charge in [-0.15, -0.1) is 0 Å². The highest BCUT2D eigenvalue weighted by Crippen LogP contribution is 2.26. The number of carbonyl (C=O) groups is 1. The summed E-state index contributed by atoms with van der Waals surface area (Å²) in [5.41, 5.74) is 2.22. The van der Waals surface area contributed by atoms with E-state index in [1.807, 2.05) is 26.0 Å². The number of nitriles is 1. The molecular formula is C20H18N2O2. The topological polar surface area (TPSA) is 62.1 Å². The largest absolute Gasteiger partial charge is 0.457 e. The lowest BCUT2D eigenvalue weighted by Crippen LogP contribution is -2.08. The molecule has 0 aliphatic heterocycles. The van der Waals surface area contributed by atoms with Gasteiger partial charge in [0.05, 0.1) is 11.6 Å². The Morgan fingerprint density at radius 1 is 1.12 bits per heavy atom. The van der Waals surface area contributed by atoms with Gasteiger partial charge in [-0.3, -0.25) is 4.79 Å². The molecule has 0 unspecified atom stereocenters. The minimum atomic E-state index is -0.183. The monoisotopic (exact) mass is 318 g/mol. The SMILES string of the molecule is CC=CC=CC(=O)Nc1ccc(Oc2ccc(C#N)cc2)cc1C. The minimum absolute atomic E-state index is 0.183. The van der Waals surface area contributed by atoms with Crippen LogP contribution < -0.4 is 10.1 Å². The number of nitrogens with zero attached hydrogens (tertiary/aromatic N) is 1. The molecule has 4 nitrogen and oxygen atoms in total. The molecule has 0 saturated heterocycles. The van der Waals surface area contributed by atoms with Crippen LogP contribution in [0.2, 0.25) is 0 Å². The fourth-order valence-electron chi connectivity index (χ4n) is 2.00. The second-order valence-corrected chi connectivity index (χ2v) is 5.09. The van der Waals surface area contributed by atoms with Crippen LogP contribution in [-0.4, -0.2) is 5.91 Å². The predicted octanol–water partition coefficient (Wildman–Crippen LogP) is 4.73. The van der Waals surface area contributed by atoms with Crippen LogP contribution in [0.25, 0.3) is 0 Å². The number of hydrogen-bond donors (Lipinski definition) is 1. The molecule has 0 fully saturated rings. The van der Waals surface area contributed by atoms with Crippen LogP contribution in [-0.2, 0) is 4.79 Å². The van der Waals surface area contributed by atoms with E-state index in [1.165, 1.54) is 6.08 Å². The Bertz CT molecular complexity index is 813. The maximum Gasteiger partial charge on any atom is 0.248 e. The summed E-state index contributed by atoms with van der Waals surface area (Å²) in [5, 5.41) is 11.6. The first kappa shape index (κ1) is 17.0. The van der Waals surface area contributed by atoms with Gasteiger partial charge in [0.2, 0.25) is 5.91 Å². The van der Waals surface area contributed by atoms with Crippen LogP contribution in [0.3, 0.4) is 0 Å². The first-order chi connectivity index (χ1) is 11.6. The minimum Gasteiger partial charge on any atom is -0.457 e. The number of benzene rings is 2. The van der Waals surface area contributed by atoms with Gasteiger partial charge in [0.1, 0.15) is 11.5 Å². The third-order valence-electron chi connectivity index (χ3n) is 3.23. The molecule has 0 aliphatic rings. The molecule has 2 rings (SSSR count). The molecule has 0 saturated carbocycles. The molecule has 1 N–H and O–H groups in total. The molecule has 2 aromatic rings. The van der Waals surface area contributed by atoms with Crippen LogP contribution in [0.4, 0.5) is 5.69 Å². The van der Waals surface area contributed by atoms with Crippen molar-refractivity contribution in [1.29, 1.82) is 5.26 Å². The number of ether oxygens (including phenoxy) is 1. The van der Waals surface area contributed by atoms with Crippen molar-refractivity contribution in [1.82, 2.24) is 0 Å². The lowest BCUT2D eigenvalue weighted by molar-refractivity contribution is -0.111. The van der Waals surface area contributed by atoms with Crippen molar-refractivity contribution >= 4 is 11.6 Å². The summed E-state index contributed by atoms with van der Waals surface area (Å²) in [6.45, 7) is 3.79. The zero-order valence-electron chi connectivity index (χ0n) is 13.6. The molecule has 0 aliphatic carbocycles. The first-order valence-electron chi connectivity index (χ1n) is 7.51. The summed E-state index contributed by atoms with van der Waals surface area (Å²) >= 11 is 0. The number of nitrogens with one attached hydrogen (secondary N) is 1.